The normalized spacial score (nSPS) is 24.6. The van der Waals surface area contributed by atoms with Gasteiger partial charge >= 0.3 is 0 Å². The van der Waals surface area contributed by atoms with Crippen molar-refractivity contribution in [3.05, 3.63) is 16.9 Å². The average Bonchev–Trinajstić information content (AvgIpc) is 2.33. The maximum atomic E-state index is 9.93. The summed E-state index contributed by atoms with van der Waals surface area (Å²) in [5.41, 5.74) is 0. The van der Waals surface area contributed by atoms with E-state index in [1.165, 1.54) is 6.42 Å². The van der Waals surface area contributed by atoms with E-state index in [1.807, 2.05) is 11.9 Å². The third-order valence-corrected chi connectivity index (χ3v) is 3.73. The van der Waals surface area contributed by atoms with Gasteiger partial charge in [0, 0.05) is 31.9 Å². The predicted molar refractivity (Wildman–Crippen MR) is 71.0 cm³/mol. The Morgan fingerprint density at radius 2 is 2.00 bits per heavy atom. The third-order valence-electron chi connectivity index (χ3n) is 3.33. The van der Waals surface area contributed by atoms with Crippen LogP contribution in [0.2, 0.25) is 0 Å². The highest BCUT2D eigenvalue weighted by Crippen LogP contribution is 2.25. The van der Waals surface area contributed by atoms with Crippen LogP contribution in [0.3, 0.4) is 0 Å². The quantitative estimate of drug-likeness (QED) is 0.930. The summed E-state index contributed by atoms with van der Waals surface area (Å²) in [4.78, 5) is 10.5. The Kier molecular flexibility index (Phi) is 4.34. The molecule has 1 aliphatic carbocycles. The van der Waals surface area contributed by atoms with E-state index in [2.05, 4.69) is 25.9 Å². The molecule has 2 rings (SSSR count). The van der Waals surface area contributed by atoms with Gasteiger partial charge < -0.3 is 10.0 Å². The molecule has 0 aromatic carbocycles. The van der Waals surface area contributed by atoms with E-state index in [9.17, 15) is 5.11 Å². The molecule has 0 spiro atoms. The molecule has 1 aromatic rings. The smallest absolute Gasteiger partial charge is 0.225 e. The summed E-state index contributed by atoms with van der Waals surface area (Å²) < 4.78 is 0.882. The number of anilines is 1. The molecule has 1 saturated carbocycles. The molecule has 1 N–H and O–H groups in total. The SMILES string of the molecule is CN(C[C@@H]1CCCC[C@H]1O)c1ncc(Br)cn1. The van der Waals surface area contributed by atoms with E-state index in [1.54, 1.807) is 12.4 Å². The Morgan fingerprint density at radius 3 is 2.65 bits per heavy atom. The van der Waals surface area contributed by atoms with E-state index < -0.39 is 0 Å². The first kappa shape index (κ1) is 12.8. The van der Waals surface area contributed by atoms with Gasteiger partial charge in [-0.15, -0.1) is 0 Å². The van der Waals surface area contributed by atoms with Crippen molar-refractivity contribution in [2.24, 2.45) is 5.92 Å². The second-order valence-electron chi connectivity index (χ2n) is 4.69. The lowest BCUT2D eigenvalue weighted by molar-refractivity contribution is 0.0735. The highest BCUT2D eigenvalue weighted by molar-refractivity contribution is 9.10. The minimum atomic E-state index is -0.165. The number of hydrogen-bond acceptors (Lipinski definition) is 4. The van der Waals surface area contributed by atoms with Crippen LogP contribution in [0.1, 0.15) is 25.7 Å². The molecule has 1 aromatic heterocycles. The van der Waals surface area contributed by atoms with Crippen molar-refractivity contribution in [2.45, 2.75) is 31.8 Å². The van der Waals surface area contributed by atoms with Crippen LogP contribution in [0, 0.1) is 5.92 Å². The van der Waals surface area contributed by atoms with Crippen LogP contribution in [0.25, 0.3) is 0 Å². The van der Waals surface area contributed by atoms with Gasteiger partial charge in [-0.05, 0) is 28.8 Å². The van der Waals surface area contributed by atoms with E-state index >= 15 is 0 Å². The lowest BCUT2D eigenvalue weighted by atomic mass is 9.86. The van der Waals surface area contributed by atoms with Crippen LogP contribution < -0.4 is 4.90 Å². The van der Waals surface area contributed by atoms with Gasteiger partial charge in [-0.3, -0.25) is 0 Å². The maximum absolute atomic E-state index is 9.93. The molecule has 1 aliphatic rings. The number of aromatic nitrogens is 2. The summed E-state index contributed by atoms with van der Waals surface area (Å²) in [5, 5.41) is 9.93. The number of aliphatic hydroxyl groups is 1. The summed E-state index contributed by atoms with van der Waals surface area (Å²) >= 11 is 3.32. The highest BCUT2D eigenvalue weighted by Gasteiger charge is 2.24. The molecule has 4 nitrogen and oxygen atoms in total. The molecule has 94 valence electrons. The second kappa shape index (κ2) is 5.78. The zero-order valence-corrected chi connectivity index (χ0v) is 11.6. The molecule has 1 fully saturated rings. The van der Waals surface area contributed by atoms with Gasteiger partial charge in [0.05, 0.1) is 10.6 Å². The largest absolute Gasteiger partial charge is 0.393 e. The van der Waals surface area contributed by atoms with Crippen molar-refractivity contribution in [1.82, 2.24) is 9.97 Å². The van der Waals surface area contributed by atoms with Crippen molar-refractivity contribution in [2.75, 3.05) is 18.5 Å². The summed E-state index contributed by atoms with van der Waals surface area (Å²) in [6, 6.07) is 0. The zero-order chi connectivity index (χ0) is 12.3. The lowest BCUT2D eigenvalue weighted by Gasteiger charge is -2.31. The molecule has 0 amide bonds. The molecule has 2 atom stereocenters. The van der Waals surface area contributed by atoms with Gasteiger partial charge in [-0.25, -0.2) is 9.97 Å². The highest BCUT2D eigenvalue weighted by atomic mass is 79.9. The Labute approximate surface area is 110 Å². The molecule has 0 bridgehead atoms. The molecule has 0 radical (unpaired) electrons. The van der Waals surface area contributed by atoms with Crippen molar-refractivity contribution >= 4 is 21.9 Å². The Bertz CT molecular complexity index is 357. The van der Waals surface area contributed by atoms with Gasteiger partial charge in [-0.1, -0.05) is 12.8 Å². The first-order valence-corrected chi connectivity index (χ1v) is 6.83. The topological polar surface area (TPSA) is 49.2 Å². The fourth-order valence-corrected chi connectivity index (χ4v) is 2.54. The zero-order valence-electron chi connectivity index (χ0n) is 10.0. The molecule has 0 saturated heterocycles. The Morgan fingerprint density at radius 1 is 1.35 bits per heavy atom. The number of hydrogen-bond donors (Lipinski definition) is 1. The average molecular weight is 300 g/mol. The molecule has 5 heteroatoms. The minimum Gasteiger partial charge on any atom is -0.393 e. The van der Waals surface area contributed by atoms with Crippen LogP contribution in [-0.2, 0) is 0 Å². The van der Waals surface area contributed by atoms with Gasteiger partial charge in [0.2, 0.25) is 5.95 Å². The van der Waals surface area contributed by atoms with Gasteiger partial charge in [-0.2, -0.15) is 0 Å². The molecular weight excluding hydrogens is 282 g/mol. The van der Waals surface area contributed by atoms with Crippen molar-refractivity contribution in [3.8, 4) is 0 Å². The molecular formula is C12H18BrN3O. The number of halogens is 1. The van der Waals surface area contributed by atoms with Crippen LogP contribution in [-0.4, -0.2) is 34.8 Å². The van der Waals surface area contributed by atoms with E-state index in [4.69, 9.17) is 0 Å². The Balaban J connectivity index is 1.95. The summed E-state index contributed by atoms with van der Waals surface area (Å²) in [6.07, 6.45) is 7.72. The van der Waals surface area contributed by atoms with Gasteiger partial charge in [0.15, 0.2) is 0 Å². The van der Waals surface area contributed by atoms with Crippen molar-refractivity contribution < 1.29 is 5.11 Å². The van der Waals surface area contributed by atoms with E-state index in [0.717, 1.165) is 30.3 Å². The fraction of sp³-hybridized carbons (Fsp3) is 0.667. The van der Waals surface area contributed by atoms with Crippen LogP contribution in [0.5, 0.6) is 0 Å². The Hall–Kier alpha value is -0.680. The van der Waals surface area contributed by atoms with Crippen molar-refractivity contribution in [3.63, 3.8) is 0 Å². The third kappa shape index (κ3) is 3.39. The number of nitrogens with zero attached hydrogens (tertiary/aromatic N) is 3. The lowest BCUT2D eigenvalue weighted by Crippen LogP contribution is -2.35. The molecule has 0 unspecified atom stereocenters. The maximum Gasteiger partial charge on any atom is 0.225 e. The van der Waals surface area contributed by atoms with Gasteiger partial charge in [0.25, 0.3) is 0 Å². The van der Waals surface area contributed by atoms with Crippen LogP contribution in [0.4, 0.5) is 5.95 Å². The number of aliphatic hydroxyl groups excluding tert-OH is 1. The van der Waals surface area contributed by atoms with E-state index in [-0.39, 0.29) is 6.10 Å². The van der Waals surface area contributed by atoms with Crippen LogP contribution in [0.15, 0.2) is 16.9 Å². The van der Waals surface area contributed by atoms with Crippen LogP contribution >= 0.6 is 15.9 Å². The van der Waals surface area contributed by atoms with E-state index in [0.29, 0.717) is 11.9 Å². The summed E-state index contributed by atoms with van der Waals surface area (Å²) in [7, 11) is 1.98. The first-order chi connectivity index (χ1) is 8.16. The van der Waals surface area contributed by atoms with Gasteiger partial charge in [0.1, 0.15) is 0 Å². The molecule has 1 heterocycles. The molecule has 17 heavy (non-hydrogen) atoms. The summed E-state index contributed by atoms with van der Waals surface area (Å²) in [5.74, 6) is 1.06. The standard InChI is InChI=1S/C12H18BrN3O/c1-16(12-14-6-10(13)7-15-12)8-9-4-2-3-5-11(9)17/h6-7,9,11,17H,2-5,8H2,1H3/t9-,11+/m0/s1. The minimum absolute atomic E-state index is 0.165. The van der Waals surface area contributed by atoms with Crippen molar-refractivity contribution in [1.29, 1.82) is 0 Å². The summed E-state index contributed by atoms with van der Waals surface area (Å²) in [6.45, 7) is 0.822. The predicted octanol–water partition coefficient (Wildman–Crippen LogP) is 2.23. The molecule has 0 aliphatic heterocycles. The number of rotatable bonds is 3. The first-order valence-electron chi connectivity index (χ1n) is 6.03. The monoisotopic (exact) mass is 299 g/mol. The fourth-order valence-electron chi connectivity index (χ4n) is 2.34. The second-order valence-corrected chi connectivity index (χ2v) is 5.61.